The summed E-state index contributed by atoms with van der Waals surface area (Å²) in [5.41, 5.74) is 2.62. The second-order valence-electron chi connectivity index (χ2n) is 2.24. The number of pyridine rings is 1. The lowest BCUT2D eigenvalue weighted by Gasteiger charge is -2.17. The summed E-state index contributed by atoms with van der Waals surface area (Å²) in [5, 5.41) is 0.693. The summed E-state index contributed by atoms with van der Waals surface area (Å²) >= 11 is 5.75. The van der Waals surface area contributed by atoms with E-state index in [0.717, 1.165) is 6.42 Å². The van der Waals surface area contributed by atoms with Crippen LogP contribution in [0.4, 0.5) is 0 Å². The van der Waals surface area contributed by atoms with E-state index >= 15 is 0 Å². The molecule has 0 unspecified atom stereocenters. The van der Waals surface area contributed by atoms with Gasteiger partial charge in [-0.25, -0.2) is 4.98 Å². The highest BCUT2D eigenvalue weighted by atomic mass is 35.5. The van der Waals surface area contributed by atoms with E-state index in [2.05, 4.69) is 4.98 Å². The Balaban J connectivity index is 2.64. The SMILES string of the molecule is Clc1nccc2c1CC2. The maximum Gasteiger partial charge on any atom is 0.132 e. The molecule has 0 fully saturated rings. The fourth-order valence-corrected chi connectivity index (χ4v) is 1.36. The van der Waals surface area contributed by atoms with Crippen LogP contribution >= 0.6 is 11.6 Å². The molecule has 1 heterocycles. The van der Waals surface area contributed by atoms with Crippen LogP contribution in [0.2, 0.25) is 5.15 Å². The highest BCUT2D eigenvalue weighted by molar-refractivity contribution is 6.30. The zero-order valence-corrected chi connectivity index (χ0v) is 5.65. The Kier molecular flexibility index (Phi) is 0.995. The van der Waals surface area contributed by atoms with Gasteiger partial charge in [-0.05, 0) is 30.0 Å². The fraction of sp³-hybridized carbons (Fsp3) is 0.286. The summed E-state index contributed by atoms with van der Waals surface area (Å²) in [4.78, 5) is 3.96. The average Bonchev–Trinajstić information content (AvgIpc) is 1.74. The van der Waals surface area contributed by atoms with Crippen LogP contribution in [-0.4, -0.2) is 4.98 Å². The molecule has 2 heteroatoms. The molecule has 46 valence electrons. The van der Waals surface area contributed by atoms with Crippen molar-refractivity contribution < 1.29 is 0 Å². The Bertz CT molecular complexity index is 230. The van der Waals surface area contributed by atoms with Crippen LogP contribution in [0.25, 0.3) is 0 Å². The molecule has 1 aromatic heterocycles. The van der Waals surface area contributed by atoms with Gasteiger partial charge in [-0.1, -0.05) is 11.6 Å². The van der Waals surface area contributed by atoms with Gasteiger partial charge in [-0.15, -0.1) is 0 Å². The van der Waals surface area contributed by atoms with Gasteiger partial charge < -0.3 is 0 Å². The third-order valence-corrected chi connectivity index (χ3v) is 2.07. The first-order chi connectivity index (χ1) is 4.38. The number of aromatic nitrogens is 1. The molecule has 0 spiro atoms. The topological polar surface area (TPSA) is 12.9 Å². The van der Waals surface area contributed by atoms with E-state index in [4.69, 9.17) is 11.6 Å². The molecule has 0 N–H and O–H groups in total. The van der Waals surface area contributed by atoms with E-state index in [1.165, 1.54) is 17.5 Å². The van der Waals surface area contributed by atoms with Crippen molar-refractivity contribution in [3.05, 3.63) is 28.5 Å². The predicted molar refractivity (Wildman–Crippen MR) is 36.7 cm³/mol. The highest BCUT2D eigenvalue weighted by Crippen LogP contribution is 2.27. The molecular formula is C7H6ClN. The monoisotopic (exact) mass is 139 g/mol. The van der Waals surface area contributed by atoms with Gasteiger partial charge in [-0.3, -0.25) is 0 Å². The molecule has 1 nitrogen and oxygen atoms in total. The van der Waals surface area contributed by atoms with E-state index < -0.39 is 0 Å². The maximum absolute atomic E-state index is 5.75. The van der Waals surface area contributed by atoms with Gasteiger partial charge >= 0.3 is 0 Å². The molecule has 0 saturated heterocycles. The molecule has 0 radical (unpaired) electrons. The van der Waals surface area contributed by atoms with Gasteiger partial charge in [0.25, 0.3) is 0 Å². The van der Waals surface area contributed by atoms with Crippen molar-refractivity contribution in [2.24, 2.45) is 0 Å². The van der Waals surface area contributed by atoms with Crippen molar-refractivity contribution in [2.45, 2.75) is 12.8 Å². The molecule has 1 aliphatic rings. The van der Waals surface area contributed by atoms with E-state index in [9.17, 15) is 0 Å². The maximum atomic E-state index is 5.75. The first-order valence-electron chi connectivity index (χ1n) is 3.00. The Morgan fingerprint density at radius 1 is 1.44 bits per heavy atom. The van der Waals surface area contributed by atoms with Crippen molar-refractivity contribution in [3.63, 3.8) is 0 Å². The van der Waals surface area contributed by atoms with Crippen molar-refractivity contribution in [1.29, 1.82) is 0 Å². The molecule has 0 amide bonds. The number of aryl methyl sites for hydroxylation is 1. The molecule has 9 heavy (non-hydrogen) atoms. The normalized spacial score (nSPS) is 14.3. The minimum Gasteiger partial charge on any atom is -0.244 e. The number of halogens is 1. The molecule has 1 aliphatic carbocycles. The van der Waals surface area contributed by atoms with Crippen LogP contribution in [-0.2, 0) is 12.8 Å². The average molecular weight is 140 g/mol. The Morgan fingerprint density at radius 2 is 2.33 bits per heavy atom. The Hall–Kier alpha value is -0.560. The van der Waals surface area contributed by atoms with E-state index in [1.807, 2.05) is 6.07 Å². The number of hydrogen-bond donors (Lipinski definition) is 0. The molecule has 1 aromatic rings. The standard InChI is InChI=1S/C7H6ClN/c8-7-6-2-1-5(6)3-4-9-7/h3-4H,1-2H2. The van der Waals surface area contributed by atoms with Gasteiger partial charge in [0.15, 0.2) is 0 Å². The van der Waals surface area contributed by atoms with Crippen LogP contribution in [0.3, 0.4) is 0 Å². The smallest absolute Gasteiger partial charge is 0.132 e. The lowest BCUT2D eigenvalue weighted by Crippen LogP contribution is -2.09. The Labute approximate surface area is 58.7 Å². The molecule has 0 atom stereocenters. The second kappa shape index (κ2) is 1.71. The molecule has 2 rings (SSSR count). The summed E-state index contributed by atoms with van der Waals surface area (Å²) in [6.45, 7) is 0. The summed E-state index contributed by atoms with van der Waals surface area (Å²) in [6.07, 6.45) is 4.06. The van der Waals surface area contributed by atoms with Crippen LogP contribution in [0, 0.1) is 0 Å². The third kappa shape index (κ3) is 0.648. The van der Waals surface area contributed by atoms with E-state index in [1.54, 1.807) is 6.20 Å². The molecule has 0 aliphatic heterocycles. The minimum atomic E-state index is 0.693. The van der Waals surface area contributed by atoms with Crippen LogP contribution in [0.5, 0.6) is 0 Å². The largest absolute Gasteiger partial charge is 0.244 e. The number of nitrogens with zero attached hydrogens (tertiary/aromatic N) is 1. The Morgan fingerprint density at radius 3 is 2.78 bits per heavy atom. The highest BCUT2D eigenvalue weighted by Gasteiger charge is 2.15. The first-order valence-corrected chi connectivity index (χ1v) is 3.38. The number of fused-ring (bicyclic) bond motifs is 1. The lowest BCUT2D eigenvalue weighted by molar-refractivity contribution is 0.827. The predicted octanol–water partition coefficient (Wildman–Crippen LogP) is 1.83. The zero-order valence-electron chi connectivity index (χ0n) is 4.89. The van der Waals surface area contributed by atoms with Crippen LogP contribution in [0.1, 0.15) is 11.1 Å². The molecule has 0 aromatic carbocycles. The second-order valence-corrected chi connectivity index (χ2v) is 2.60. The fourth-order valence-electron chi connectivity index (χ4n) is 1.08. The van der Waals surface area contributed by atoms with Gasteiger partial charge in [-0.2, -0.15) is 0 Å². The molecular weight excluding hydrogens is 134 g/mol. The van der Waals surface area contributed by atoms with Gasteiger partial charge in [0.1, 0.15) is 5.15 Å². The van der Waals surface area contributed by atoms with Crippen LogP contribution < -0.4 is 0 Å². The lowest BCUT2D eigenvalue weighted by atomic mass is 9.91. The number of hydrogen-bond acceptors (Lipinski definition) is 1. The van der Waals surface area contributed by atoms with Gasteiger partial charge in [0, 0.05) is 6.20 Å². The molecule has 0 saturated carbocycles. The number of rotatable bonds is 0. The first kappa shape index (κ1) is 5.24. The van der Waals surface area contributed by atoms with Gasteiger partial charge in [0.05, 0.1) is 0 Å². The minimum absolute atomic E-state index is 0.693. The van der Waals surface area contributed by atoms with E-state index in [-0.39, 0.29) is 0 Å². The quantitative estimate of drug-likeness (QED) is 0.500. The third-order valence-electron chi connectivity index (χ3n) is 1.74. The van der Waals surface area contributed by atoms with Gasteiger partial charge in [0.2, 0.25) is 0 Å². The summed E-state index contributed by atoms with van der Waals surface area (Å²) < 4.78 is 0. The van der Waals surface area contributed by atoms with Crippen molar-refractivity contribution in [3.8, 4) is 0 Å². The van der Waals surface area contributed by atoms with Crippen molar-refractivity contribution in [2.75, 3.05) is 0 Å². The summed E-state index contributed by atoms with van der Waals surface area (Å²) in [6, 6.07) is 2.03. The van der Waals surface area contributed by atoms with Crippen LogP contribution in [0.15, 0.2) is 12.3 Å². The van der Waals surface area contributed by atoms with Crippen molar-refractivity contribution >= 4 is 11.6 Å². The summed E-state index contributed by atoms with van der Waals surface area (Å²) in [7, 11) is 0. The molecule has 0 bridgehead atoms. The zero-order chi connectivity index (χ0) is 6.27. The van der Waals surface area contributed by atoms with E-state index in [0.29, 0.717) is 5.15 Å². The van der Waals surface area contributed by atoms with Crippen molar-refractivity contribution in [1.82, 2.24) is 4.98 Å². The summed E-state index contributed by atoms with van der Waals surface area (Å²) in [5.74, 6) is 0.